The van der Waals surface area contributed by atoms with E-state index in [4.69, 9.17) is 18.9 Å². The van der Waals surface area contributed by atoms with Gasteiger partial charge in [-0.2, -0.15) is 0 Å². The third kappa shape index (κ3) is 9.42. The fourth-order valence-electron chi connectivity index (χ4n) is 5.53. The summed E-state index contributed by atoms with van der Waals surface area (Å²) in [4.78, 5) is 38.6. The molecule has 10 nitrogen and oxygen atoms in total. The number of esters is 2. The molecule has 2 aromatic rings. The van der Waals surface area contributed by atoms with E-state index >= 15 is 0 Å². The Morgan fingerprint density at radius 1 is 1.07 bits per heavy atom. The number of hydrogen-bond acceptors (Lipinski definition) is 10. The van der Waals surface area contributed by atoms with E-state index in [-0.39, 0.29) is 29.7 Å². The second kappa shape index (κ2) is 17.1. The van der Waals surface area contributed by atoms with Crippen molar-refractivity contribution in [2.24, 2.45) is 0 Å². The summed E-state index contributed by atoms with van der Waals surface area (Å²) in [6.45, 7) is 5.28. The number of dihydropyridines is 1. The Hall–Kier alpha value is -3.67. The van der Waals surface area contributed by atoms with Crippen molar-refractivity contribution in [3.63, 3.8) is 0 Å². The molecule has 2 heterocycles. The van der Waals surface area contributed by atoms with Crippen LogP contribution in [0.2, 0.25) is 0 Å². The number of nitrogens with one attached hydrogen (secondary N) is 1. The number of ether oxygens (including phenoxy) is 4. The second-order valence-electron chi connectivity index (χ2n) is 10.9. The first-order valence-corrected chi connectivity index (χ1v) is 16.5. The average molecular weight is 639 g/mol. The van der Waals surface area contributed by atoms with Crippen LogP contribution in [-0.4, -0.2) is 55.8 Å². The lowest BCUT2D eigenvalue weighted by atomic mass is 9.79. The molecule has 242 valence electrons. The summed E-state index contributed by atoms with van der Waals surface area (Å²) < 4.78 is 22.2. The minimum Gasteiger partial charge on any atom is -0.466 e. The third-order valence-electron chi connectivity index (χ3n) is 7.80. The lowest BCUT2D eigenvalue weighted by Gasteiger charge is -2.31. The molecule has 0 radical (unpaired) electrons. The van der Waals surface area contributed by atoms with E-state index in [0.717, 1.165) is 42.9 Å². The summed E-state index contributed by atoms with van der Waals surface area (Å²) in [5.74, 6) is -1.32. The summed E-state index contributed by atoms with van der Waals surface area (Å²) in [7, 11) is 1.26. The Morgan fingerprint density at radius 2 is 1.87 bits per heavy atom. The molecule has 2 unspecified atom stereocenters. The van der Waals surface area contributed by atoms with Gasteiger partial charge in [-0.1, -0.05) is 31.2 Å². The summed E-state index contributed by atoms with van der Waals surface area (Å²) in [5.41, 5.74) is 3.16. The van der Waals surface area contributed by atoms with Crippen molar-refractivity contribution in [1.82, 2.24) is 5.32 Å². The number of carbonyl (C=O) groups excluding carboxylic acids is 2. The predicted octanol–water partition coefficient (Wildman–Crippen LogP) is 6.59. The molecule has 0 amide bonds. The quantitative estimate of drug-likeness (QED) is 0.0750. The van der Waals surface area contributed by atoms with Gasteiger partial charge < -0.3 is 24.3 Å². The van der Waals surface area contributed by atoms with E-state index in [1.165, 1.54) is 31.2 Å². The van der Waals surface area contributed by atoms with Crippen molar-refractivity contribution in [3.05, 3.63) is 92.3 Å². The van der Waals surface area contributed by atoms with Crippen molar-refractivity contribution >= 4 is 29.4 Å². The van der Waals surface area contributed by atoms with Gasteiger partial charge in [0.25, 0.3) is 5.69 Å². The third-order valence-corrected chi connectivity index (χ3v) is 8.90. The molecule has 0 aliphatic carbocycles. The summed E-state index contributed by atoms with van der Waals surface area (Å²) in [6.07, 6.45) is 6.20. The standard InChI is InChI=1S/C34H42N2O8S/c1-4-28-32(31(30(23(2)35-28)33(37)41-3)25-11-7-12-26(22-25)36(39)40)34(38)44-20-9-21-45-27-16-14-24(15-17-27)10-8-19-43-29-13-5-6-18-42-29/h7,11-12,14-17,22,29,31,35H,4-6,8-10,13,18-21H2,1-3H3. The van der Waals surface area contributed by atoms with Crippen LogP contribution in [0.4, 0.5) is 5.69 Å². The van der Waals surface area contributed by atoms with E-state index in [9.17, 15) is 19.7 Å². The number of nitrogens with zero attached hydrogens (tertiary/aromatic N) is 1. The van der Waals surface area contributed by atoms with E-state index in [0.29, 0.717) is 36.4 Å². The van der Waals surface area contributed by atoms with Gasteiger partial charge in [0.1, 0.15) is 0 Å². The lowest BCUT2D eigenvalue weighted by Crippen LogP contribution is -2.33. The van der Waals surface area contributed by atoms with E-state index in [1.54, 1.807) is 30.8 Å². The SMILES string of the molecule is CCC1=C(C(=O)OCCCSc2ccc(CCCOC3CCCCO3)cc2)C(c2cccc([N+](=O)[O-])c2)C(C(=O)OC)=C(C)N1. The molecule has 0 saturated carbocycles. The van der Waals surface area contributed by atoms with Crippen molar-refractivity contribution in [2.45, 2.75) is 75.9 Å². The highest BCUT2D eigenvalue weighted by atomic mass is 32.2. The molecule has 11 heteroatoms. The zero-order chi connectivity index (χ0) is 32.2. The minimum atomic E-state index is -0.874. The van der Waals surface area contributed by atoms with Crippen LogP contribution >= 0.6 is 11.8 Å². The Labute approximate surface area is 268 Å². The van der Waals surface area contributed by atoms with Gasteiger partial charge >= 0.3 is 11.9 Å². The normalized spacial score (nSPS) is 18.4. The number of aryl methyl sites for hydroxylation is 1. The summed E-state index contributed by atoms with van der Waals surface area (Å²) >= 11 is 1.69. The number of thioether (sulfide) groups is 1. The molecule has 2 aliphatic rings. The van der Waals surface area contributed by atoms with Crippen LogP contribution in [0, 0.1) is 10.1 Å². The van der Waals surface area contributed by atoms with E-state index < -0.39 is 22.8 Å². The number of allylic oxidation sites excluding steroid dienone is 2. The molecule has 1 N–H and O–H groups in total. The van der Waals surface area contributed by atoms with Gasteiger partial charge in [0.2, 0.25) is 0 Å². The van der Waals surface area contributed by atoms with Crippen molar-refractivity contribution in [1.29, 1.82) is 0 Å². The molecule has 0 aromatic heterocycles. The van der Waals surface area contributed by atoms with Crippen LogP contribution in [0.25, 0.3) is 0 Å². The number of nitro benzene ring substituents is 1. The highest BCUT2D eigenvalue weighted by Gasteiger charge is 2.38. The molecule has 45 heavy (non-hydrogen) atoms. The van der Waals surface area contributed by atoms with Crippen LogP contribution < -0.4 is 5.32 Å². The maximum Gasteiger partial charge on any atom is 0.336 e. The molecule has 1 saturated heterocycles. The van der Waals surface area contributed by atoms with Crippen LogP contribution in [0.15, 0.2) is 76.0 Å². The smallest absolute Gasteiger partial charge is 0.336 e. The van der Waals surface area contributed by atoms with Gasteiger partial charge in [0, 0.05) is 40.8 Å². The molecule has 2 atom stereocenters. The summed E-state index contributed by atoms with van der Waals surface area (Å²) in [5, 5.41) is 14.7. The first-order chi connectivity index (χ1) is 21.8. The molecular weight excluding hydrogens is 596 g/mol. The monoisotopic (exact) mass is 638 g/mol. The maximum atomic E-state index is 13.6. The predicted molar refractivity (Wildman–Crippen MR) is 172 cm³/mol. The fourth-order valence-corrected chi connectivity index (χ4v) is 6.35. The van der Waals surface area contributed by atoms with Gasteiger partial charge in [0.05, 0.1) is 42.3 Å². The largest absolute Gasteiger partial charge is 0.466 e. The number of non-ortho nitro benzene ring substituents is 1. The average Bonchev–Trinajstić information content (AvgIpc) is 3.06. The molecular formula is C34H42N2O8S. The zero-order valence-electron chi connectivity index (χ0n) is 26.2. The topological polar surface area (TPSA) is 126 Å². The van der Waals surface area contributed by atoms with Crippen molar-refractivity contribution in [2.75, 3.05) is 32.7 Å². The van der Waals surface area contributed by atoms with Gasteiger partial charge in [-0.3, -0.25) is 10.1 Å². The molecule has 1 fully saturated rings. The second-order valence-corrected chi connectivity index (χ2v) is 12.1. The number of nitro groups is 1. The van der Waals surface area contributed by atoms with Gasteiger partial charge in [-0.25, -0.2) is 9.59 Å². The Kier molecular flexibility index (Phi) is 13.0. The number of methoxy groups -OCH3 is 1. The highest BCUT2D eigenvalue weighted by molar-refractivity contribution is 7.99. The zero-order valence-corrected chi connectivity index (χ0v) is 27.0. The molecule has 4 rings (SSSR count). The van der Waals surface area contributed by atoms with Gasteiger partial charge in [-0.15, -0.1) is 11.8 Å². The Balaban J connectivity index is 1.31. The minimum absolute atomic E-state index is 0.0470. The number of carbonyl (C=O) groups is 2. The Morgan fingerprint density at radius 3 is 2.56 bits per heavy atom. The van der Waals surface area contributed by atoms with Crippen molar-refractivity contribution < 1.29 is 33.5 Å². The van der Waals surface area contributed by atoms with Crippen LogP contribution in [-0.2, 0) is 35.0 Å². The number of benzene rings is 2. The van der Waals surface area contributed by atoms with E-state index in [1.807, 2.05) is 6.92 Å². The van der Waals surface area contributed by atoms with Gasteiger partial charge in [0.15, 0.2) is 6.29 Å². The summed E-state index contributed by atoms with van der Waals surface area (Å²) in [6, 6.07) is 14.5. The first-order valence-electron chi connectivity index (χ1n) is 15.5. The molecule has 0 spiro atoms. The molecule has 0 bridgehead atoms. The van der Waals surface area contributed by atoms with Crippen molar-refractivity contribution in [3.8, 4) is 0 Å². The van der Waals surface area contributed by atoms with Gasteiger partial charge in [-0.05, 0) is 75.1 Å². The first kappa shape index (κ1) is 34.2. The Bertz CT molecular complexity index is 1400. The maximum absolute atomic E-state index is 13.6. The van der Waals surface area contributed by atoms with Crippen LogP contribution in [0.1, 0.15) is 69.4 Å². The number of rotatable bonds is 15. The van der Waals surface area contributed by atoms with Crippen LogP contribution in [0.3, 0.4) is 0 Å². The number of hydrogen-bond donors (Lipinski definition) is 1. The highest BCUT2D eigenvalue weighted by Crippen LogP contribution is 2.40. The fraction of sp³-hybridized carbons (Fsp3) is 0.471. The molecule has 2 aliphatic heterocycles. The van der Waals surface area contributed by atoms with Crippen LogP contribution in [0.5, 0.6) is 0 Å². The lowest BCUT2D eigenvalue weighted by molar-refractivity contribution is -0.384. The molecule has 2 aromatic carbocycles. The van der Waals surface area contributed by atoms with E-state index in [2.05, 4.69) is 29.6 Å².